The topological polar surface area (TPSA) is 81.2 Å². The number of anilines is 2. The van der Waals surface area contributed by atoms with Crippen molar-refractivity contribution in [3.63, 3.8) is 0 Å². The third-order valence-corrected chi connectivity index (χ3v) is 12.4. The number of hydrogen-bond donors (Lipinski definition) is 0. The smallest absolute Gasteiger partial charge is 0.243 e. The van der Waals surface area contributed by atoms with Crippen LogP contribution in [-0.4, -0.2) is 77.8 Å². The molecule has 0 aliphatic carbocycles. The molecule has 0 N–H and O–H groups in total. The van der Waals surface area contributed by atoms with Crippen molar-refractivity contribution in [1.82, 2.24) is 8.61 Å². The van der Waals surface area contributed by atoms with E-state index in [9.17, 15) is 16.8 Å². The Morgan fingerprint density at radius 1 is 0.452 bits per heavy atom. The van der Waals surface area contributed by atoms with Gasteiger partial charge in [-0.2, -0.15) is 8.61 Å². The molecule has 2 heterocycles. The highest BCUT2D eigenvalue weighted by Crippen LogP contribution is 2.33. The summed E-state index contributed by atoms with van der Waals surface area (Å²) in [7, 11) is -7.74. The molecule has 6 rings (SSSR count). The van der Waals surface area contributed by atoms with Crippen molar-refractivity contribution in [2.24, 2.45) is 0 Å². The van der Waals surface area contributed by atoms with Crippen molar-refractivity contribution in [1.29, 1.82) is 0 Å². The zero-order chi connectivity index (χ0) is 29.5. The van der Waals surface area contributed by atoms with Crippen LogP contribution in [0.1, 0.15) is 0 Å². The van der Waals surface area contributed by atoms with Crippen molar-refractivity contribution in [2.45, 2.75) is 9.79 Å². The summed E-state index contributed by atoms with van der Waals surface area (Å²) in [5.41, 5.74) is 1.98. The highest BCUT2D eigenvalue weighted by atomic mass is 35.5. The number of sulfonamides is 2. The Morgan fingerprint density at radius 2 is 0.786 bits per heavy atom. The van der Waals surface area contributed by atoms with E-state index in [4.69, 9.17) is 23.2 Å². The highest BCUT2D eigenvalue weighted by molar-refractivity contribution is 7.89. The molecule has 0 radical (unpaired) electrons. The summed E-state index contributed by atoms with van der Waals surface area (Å²) in [6.45, 7) is 3.41. The lowest BCUT2D eigenvalue weighted by molar-refractivity contribution is 0.384. The fourth-order valence-corrected chi connectivity index (χ4v) is 9.17. The van der Waals surface area contributed by atoms with Crippen LogP contribution in [-0.2, 0) is 20.0 Å². The van der Waals surface area contributed by atoms with Crippen LogP contribution in [0.3, 0.4) is 0 Å². The van der Waals surface area contributed by atoms with Crippen LogP contribution < -0.4 is 9.80 Å². The predicted molar refractivity (Wildman–Crippen MR) is 169 cm³/mol. The van der Waals surface area contributed by atoms with Gasteiger partial charge in [0.25, 0.3) is 0 Å². The first-order valence-corrected chi connectivity index (χ1v) is 17.3. The van der Waals surface area contributed by atoms with Crippen LogP contribution in [0.2, 0.25) is 10.0 Å². The molecule has 2 aliphatic rings. The molecule has 4 aromatic carbocycles. The molecule has 0 unspecified atom stereocenters. The summed E-state index contributed by atoms with van der Waals surface area (Å²) in [6, 6.07) is 24.7. The van der Waals surface area contributed by atoms with Crippen LogP contribution in [0.25, 0.3) is 10.8 Å². The summed E-state index contributed by atoms with van der Waals surface area (Å²) in [6.07, 6.45) is 0. The lowest BCUT2D eigenvalue weighted by atomic mass is 10.1. The third-order valence-electron chi connectivity index (χ3n) is 7.94. The van der Waals surface area contributed by atoms with Gasteiger partial charge in [0.15, 0.2) is 0 Å². The molecule has 0 aromatic heterocycles. The van der Waals surface area contributed by atoms with E-state index in [2.05, 4.69) is 9.80 Å². The summed E-state index contributed by atoms with van der Waals surface area (Å²) >= 11 is 12.0. The molecule has 0 amide bonds. The average molecular weight is 646 g/mol. The van der Waals surface area contributed by atoms with Gasteiger partial charge in [-0.3, -0.25) is 0 Å². The molecular formula is C30H30Cl2N4O4S2. The minimum absolute atomic E-state index is 0.115. The van der Waals surface area contributed by atoms with Crippen molar-refractivity contribution in [3.8, 4) is 0 Å². The first-order valence-electron chi connectivity index (χ1n) is 13.7. The lowest BCUT2D eigenvalue weighted by Crippen LogP contribution is -2.48. The maximum absolute atomic E-state index is 13.9. The van der Waals surface area contributed by atoms with E-state index >= 15 is 0 Å². The highest BCUT2D eigenvalue weighted by Gasteiger charge is 2.33. The Labute approximate surface area is 256 Å². The second-order valence-electron chi connectivity index (χ2n) is 10.3. The van der Waals surface area contributed by atoms with Crippen LogP contribution >= 0.6 is 23.2 Å². The molecule has 2 fully saturated rings. The van der Waals surface area contributed by atoms with Gasteiger partial charge in [0, 0.05) is 84.6 Å². The lowest BCUT2D eigenvalue weighted by Gasteiger charge is -2.36. The summed E-state index contributed by atoms with van der Waals surface area (Å²) in [5.74, 6) is 0. The minimum atomic E-state index is -3.87. The van der Waals surface area contributed by atoms with Gasteiger partial charge in [-0.25, -0.2) is 16.8 Å². The van der Waals surface area contributed by atoms with Crippen molar-refractivity contribution in [2.75, 3.05) is 62.2 Å². The Morgan fingerprint density at radius 3 is 1.12 bits per heavy atom. The van der Waals surface area contributed by atoms with Gasteiger partial charge in [0.05, 0.1) is 9.79 Å². The van der Waals surface area contributed by atoms with E-state index in [0.717, 1.165) is 11.4 Å². The largest absolute Gasteiger partial charge is 0.369 e. The van der Waals surface area contributed by atoms with E-state index in [1.807, 2.05) is 48.5 Å². The molecule has 2 aliphatic heterocycles. The van der Waals surface area contributed by atoms with Gasteiger partial charge >= 0.3 is 0 Å². The maximum atomic E-state index is 13.9. The Kier molecular flexibility index (Phi) is 8.12. The van der Waals surface area contributed by atoms with Gasteiger partial charge in [-0.15, -0.1) is 0 Å². The SMILES string of the molecule is O=S(=O)(c1cccc2c(S(=O)(=O)N3CCN(c4ccc(Cl)cc4)CC3)cccc12)N1CCN(c2ccc(Cl)cc2)CC1. The summed E-state index contributed by atoms with van der Waals surface area (Å²) in [5, 5.41) is 2.10. The molecule has 0 spiro atoms. The Hall–Kier alpha value is -2.86. The van der Waals surface area contributed by atoms with Crippen LogP contribution in [0.15, 0.2) is 94.7 Å². The second kappa shape index (κ2) is 11.7. The molecule has 42 heavy (non-hydrogen) atoms. The first kappa shape index (κ1) is 29.2. The third kappa shape index (κ3) is 5.59. The monoisotopic (exact) mass is 644 g/mol. The number of piperazine rings is 2. The zero-order valence-electron chi connectivity index (χ0n) is 22.7. The Bertz CT molecular complexity index is 1670. The molecule has 12 heteroatoms. The standard InChI is InChI=1S/C30H30Cl2N4O4S2/c31-23-7-11-25(12-8-23)33-15-19-35(20-16-33)41(37,38)29-5-1-3-27-28(29)4-2-6-30(27)42(39,40)36-21-17-34(18-22-36)26-13-9-24(32)10-14-26/h1-14H,15-22H2. The fourth-order valence-electron chi connectivity index (χ4n) is 5.66. The zero-order valence-corrected chi connectivity index (χ0v) is 25.9. The number of hydrogen-bond acceptors (Lipinski definition) is 6. The maximum Gasteiger partial charge on any atom is 0.243 e. The minimum Gasteiger partial charge on any atom is -0.369 e. The van der Waals surface area contributed by atoms with Gasteiger partial charge in [0.1, 0.15) is 0 Å². The normalized spacial score (nSPS) is 17.6. The molecule has 2 saturated heterocycles. The molecule has 8 nitrogen and oxygen atoms in total. The molecule has 220 valence electrons. The van der Waals surface area contributed by atoms with Gasteiger partial charge in [-0.05, 0) is 60.7 Å². The quantitative estimate of drug-likeness (QED) is 0.288. The van der Waals surface area contributed by atoms with Gasteiger partial charge in [-0.1, -0.05) is 47.5 Å². The van der Waals surface area contributed by atoms with Crippen LogP contribution in [0.5, 0.6) is 0 Å². The number of halogens is 2. The Balaban J connectivity index is 1.23. The van der Waals surface area contributed by atoms with Gasteiger partial charge < -0.3 is 9.80 Å². The summed E-state index contributed by atoms with van der Waals surface area (Å²) < 4.78 is 58.4. The second-order valence-corrected chi connectivity index (χ2v) is 15.0. The molecular weight excluding hydrogens is 615 g/mol. The number of rotatable bonds is 6. The van der Waals surface area contributed by atoms with E-state index in [1.165, 1.54) is 8.61 Å². The van der Waals surface area contributed by atoms with Crippen molar-refractivity contribution < 1.29 is 16.8 Å². The summed E-state index contributed by atoms with van der Waals surface area (Å²) in [4.78, 5) is 4.49. The van der Waals surface area contributed by atoms with E-state index in [1.54, 1.807) is 36.4 Å². The van der Waals surface area contributed by atoms with Gasteiger partial charge in [0.2, 0.25) is 20.0 Å². The van der Waals surface area contributed by atoms with E-state index < -0.39 is 20.0 Å². The molecule has 4 aromatic rings. The van der Waals surface area contributed by atoms with E-state index in [0.29, 0.717) is 73.2 Å². The van der Waals surface area contributed by atoms with Crippen LogP contribution in [0, 0.1) is 0 Å². The van der Waals surface area contributed by atoms with E-state index in [-0.39, 0.29) is 9.79 Å². The van der Waals surface area contributed by atoms with Crippen molar-refractivity contribution >= 4 is 65.4 Å². The first-order chi connectivity index (χ1) is 20.1. The predicted octanol–water partition coefficient (Wildman–Crippen LogP) is 5.17. The fraction of sp³-hybridized carbons (Fsp3) is 0.267. The number of benzene rings is 4. The average Bonchev–Trinajstić information content (AvgIpc) is 3.01. The molecule has 0 atom stereocenters. The van der Waals surface area contributed by atoms with Crippen LogP contribution in [0.4, 0.5) is 11.4 Å². The molecule has 0 saturated carbocycles. The van der Waals surface area contributed by atoms with Crippen molar-refractivity contribution in [3.05, 3.63) is 95.0 Å². The molecule has 0 bridgehead atoms. The number of nitrogens with zero attached hydrogens (tertiary/aromatic N) is 4. The number of fused-ring (bicyclic) bond motifs is 1.